The topological polar surface area (TPSA) is 44.8 Å². The predicted molar refractivity (Wildman–Crippen MR) is 60.0 cm³/mol. The summed E-state index contributed by atoms with van der Waals surface area (Å²) in [6.45, 7) is 7.83. The first-order chi connectivity index (χ1) is 7.56. The van der Waals surface area contributed by atoms with E-state index in [4.69, 9.17) is 14.2 Å². The molecular formula is C12H22O4. The van der Waals surface area contributed by atoms with E-state index in [0.717, 1.165) is 19.3 Å². The summed E-state index contributed by atoms with van der Waals surface area (Å²) in [6, 6.07) is 0. The zero-order valence-electron chi connectivity index (χ0n) is 10.6. The molecule has 0 spiro atoms. The maximum Gasteiger partial charge on any atom is 0.363 e. The first-order valence-electron chi connectivity index (χ1n) is 6.08. The van der Waals surface area contributed by atoms with Gasteiger partial charge in [0.15, 0.2) is 0 Å². The van der Waals surface area contributed by atoms with Crippen molar-refractivity contribution in [2.45, 2.75) is 71.6 Å². The summed E-state index contributed by atoms with van der Waals surface area (Å²) in [7, 11) is 0. The van der Waals surface area contributed by atoms with Crippen LogP contribution in [0.2, 0.25) is 0 Å². The summed E-state index contributed by atoms with van der Waals surface area (Å²) >= 11 is 0. The fraction of sp³-hybridized carbons (Fsp3) is 0.917. The smallest absolute Gasteiger partial charge is 0.363 e. The standard InChI is InChI=1S/C12H22O4/c1-5-8(3)14-11(13)12-15-9(4)7-10(6-2)16-12/h8-10,12H,5-7H2,1-4H3. The van der Waals surface area contributed by atoms with Gasteiger partial charge in [-0.3, -0.25) is 0 Å². The third-order valence-corrected chi connectivity index (χ3v) is 2.81. The highest BCUT2D eigenvalue weighted by Crippen LogP contribution is 2.21. The normalized spacial score (nSPS) is 32.1. The van der Waals surface area contributed by atoms with Gasteiger partial charge in [0.25, 0.3) is 6.29 Å². The Labute approximate surface area is 97.2 Å². The molecule has 0 aliphatic carbocycles. The Morgan fingerprint density at radius 2 is 2.12 bits per heavy atom. The maximum atomic E-state index is 11.7. The summed E-state index contributed by atoms with van der Waals surface area (Å²) in [5.41, 5.74) is 0. The van der Waals surface area contributed by atoms with Crippen LogP contribution < -0.4 is 0 Å². The van der Waals surface area contributed by atoms with Gasteiger partial charge in [0, 0.05) is 0 Å². The summed E-state index contributed by atoms with van der Waals surface area (Å²) < 4.78 is 16.1. The van der Waals surface area contributed by atoms with Crippen molar-refractivity contribution in [1.82, 2.24) is 0 Å². The monoisotopic (exact) mass is 230 g/mol. The molecule has 0 radical (unpaired) electrons. The number of esters is 1. The van der Waals surface area contributed by atoms with Crippen LogP contribution in [0.15, 0.2) is 0 Å². The molecule has 1 rings (SSSR count). The summed E-state index contributed by atoms with van der Waals surface area (Å²) in [5.74, 6) is -0.403. The molecule has 4 heteroatoms. The SMILES string of the molecule is CCC(C)OC(=O)C1OC(C)CC(CC)O1. The van der Waals surface area contributed by atoms with Gasteiger partial charge in [-0.25, -0.2) is 4.79 Å². The van der Waals surface area contributed by atoms with Gasteiger partial charge >= 0.3 is 5.97 Å². The number of rotatable bonds is 4. The zero-order valence-corrected chi connectivity index (χ0v) is 10.6. The third-order valence-electron chi connectivity index (χ3n) is 2.81. The lowest BCUT2D eigenvalue weighted by Gasteiger charge is -2.32. The minimum absolute atomic E-state index is 0.0492. The van der Waals surface area contributed by atoms with E-state index in [1.54, 1.807) is 0 Å². The molecule has 0 aromatic rings. The van der Waals surface area contributed by atoms with Crippen molar-refractivity contribution in [2.75, 3.05) is 0 Å². The number of hydrogen-bond acceptors (Lipinski definition) is 4. The van der Waals surface area contributed by atoms with Crippen molar-refractivity contribution < 1.29 is 19.0 Å². The molecule has 1 fully saturated rings. The highest BCUT2D eigenvalue weighted by atomic mass is 16.7. The maximum absolute atomic E-state index is 11.7. The van der Waals surface area contributed by atoms with Crippen molar-refractivity contribution in [2.24, 2.45) is 0 Å². The molecule has 1 saturated heterocycles. The summed E-state index contributed by atoms with van der Waals surface area (Å²) in [5, 5.41) is 0. The van der Waals surface area contributed by atoms with Crippen molar-refractivity contribution in [1.29, 1.82) is 0 Å². The second kappa shape index (κ2) is 6.21. The van der Waals surface area contributed by atoms with Crippen LogP contribution in [0.3, 0.4) is 0 Å². The lowest BCUT2D eigenvalue weighted by molar-refractivity contribution is -0.249. The highest BCUT2D eigenvalue weighted by molar-refractivity contribution is 5.73. The molecule has 16 heavy (non-hydrogen) atoms. The average molecular weight is 230 g/mol. The Kier molecular flexibility index (Phi) is 5.22. The van der Waals surface area contributed by atoms with E-state index in [1.807, 2.05) is 27.7 Å². The van der Waals surface area contributed by atoms with E-state index in [-0.39, 0.29) is 18.3 Å². The van der Waals surface area contributed by atoms with Gasteiger partial charge in [-0.05, 0) is 33.1 Å². The Morgan fingerprint density at radius 3 is 2.69 bits per heavy atom. The third kappa shape index (κ3) is 3.76. The lowest BCUT2D eigenvalue weighted by atomic mass is 10.1. The molecular weight excluding hydrogens is 208 g/mol. The van der Waals surface area contributed by atoms with Gasteiger partial charge < -0.3 is 14.2 Å². The van der Waals surface area contributed by atoms with E-state index in [0.29, 0.717) is 0 Å². The van der Waals surface area contributed by atoms with E-state index in [1.165, 1.54) is 0 Å². The number of ether oxygens (including phenoxy) is 3. The first-order valence-corrected chi connectivity index (χ1v) is 6.08. The molecule has 4 atom stereocenters. The van der Waals surface area contributed by atoms with Gasteiger partial charge in [0.1, 0.15) is 0 Å². The van der Waals surface area contributed by atoms with Gasteiger partial charge in [0.2, 0.25) is 0 Å². The molecule has 1 aliphatic heterocycles. The second-order valence-electron chi connectivity index (χ2n) is 4.34. The Morgan fingerprint density at radius 1 is 1.44 bits per heavy atom. The quantitative estimate of drug-likeness (QED) is 0.695. The minimum Gasteiger partial charge on any atom is -0.459 e. The zero-order chi connectivity index (χ0) is 12.1. The van der Waals surface area contributed by atoms with Crippen LogP contribution in [0.1, 0.15) is 47.0 Å². The van der Waals surface area contributed by atoms with E-state index >= 15 is 0 Å². The molecule has 0 aromatic carbocycles. The van der Waals surface area contributed by atoms with Crippen LogP contribution >= 0.6 is 0 Å². The van der Waals surface area contributed by atoms with Gasteiger partial charge in [-0.1, -0.05) is 13.8 Å². The van der Waals surface area contributed by atoms with Gasteiger partial charge in [0.05, 0.1) is 18.3 Å². The average Bonchev–Trinajstić information content (AvgIpc) is 2.27. The Balaban J connectivity index is 2.48. The lowest BCUT2D eigenvalue weighted by Crippen LogP contribution is -2.42. The van der Waals surface area contributed by atoms with Crippen molar-refractivity contribution >= 4 is 5.97 Å². The largest absolute Gasteiger partial charge is 0.459 e. The van der Waals surface area contributed by atoms with E-state index < -0.39 is 12.3 Å². The van der Waals surface area contributed by atoms with Crippen LogP contribution in [0.4, 0.5) is 0 Å². The molecule has 1 heterocycles. The summed E-state index contributed by atoms with van der Waals surface area (Å²) in [6.07, 6.45) is 1.74. The van der Waals surface area contributed by atoms with E-state index in [9.17, 15) is 4.79 Å². The fourth-order valence-electron chi connectivity index (χ4n) is 1.61. The first kappa shape index (κ1) is 13.5. The number of carbonyl (C=O) groups is 1. The highest BCUT2D eigenvalue weighted by Gasteiger charge is 2.33. The van der Waals surface area contributed by atoms with Crippen LogP contribution in [0.5, 0.6) is 0 Å². The molecule has 0 aromatic heterocycles. The summed E-state index contributed by atoms with van der Waals surface area (Å²) in [4.78, 5) is 11.7. The van der Waals surface area contributed by atoms with E-state index in [2.05, 4.69) is 0 Å². The predicted octanol–water partition coefficient (Wildman–Crippen LogP) is 2.26. The van der Waals surface area contributed by atoms with Crippen LogP contribution in [-0.4, -0.2) is 30.6 Å². The number of hydrogen-bond donors (Lipinski definition) is 0. The molecule has 94 valence electrons. The molecule has 4 nitrogen and oxygen atoms in total. The molecule has 0 amide bonds. The second-order valence-corrected chi connectivity index (χ2v) is 4.34. The number of carbonyl (C=O) groups excluding carboxylic acids is 1. The van der Waals surface area contributed by atoms with Crippen LogP contribution in [-0.2, 0) is 19.0 Å². The van der Waals surface area contributed by atoms with Gasteiger partial charge in [-0.15, -0.1) is 0 Å². The molecule has 0 N–H and O–H groups in total. The molecule has 4 unspecified atom stereocenters. The van der Waals surface area contributed by atoms with Crippen LogP contribution in [0, 0.1) is 0 Å². The fourth-order valence-corrected chi connectivity index (χ4v) is 1.61. The molecule has 1 aliphatic rings. The van der Waals surface area contributed by atoms with Crippen molar-refractivity contribution in [3.05, 3.63) is 0 Å². The molecule has 0 saturated carbocycles. The Bertz CT molecular complexity index is 229. The van der Waals surface area contributed by atoms with Crippen LogP contribution in [0.25, 0.3) is 0 Å². The van der Waals surface area contributed by atoms with Crippen molar-refractivity contribution in [3.63, 3.8) is 0 Å². The minimum atomic E-state index is -0.845. The Hall–Kier alpha value is -0.610. The van der Waals surface area contributed by atoms with Gasteiger partial charge in [-0.2, -0.15) is 0 Å². The van der Waals surface area contributed by atoms with Crippen molar-refractivity contribution in [3.8, 4) is 0 Å². The molecule has 0 bridgehead atoms.